The van der Waals surface area contributed by atoms with Crippen LogP contribution in [0.3, 0.4) is 0 Å². The number of ether oxygens (including phenoxy) is 1. The highest BCUT2D eigenvalue weighted by Crippen LogP contribution is 2.27. The third-order valence-corrected chi connectivity index (χ3v) is 4.92. The summed E-state index contributed by atoms with van der Waals surface area (Å²) >= 11 is 0. The number of carbonyl (C=O) groups is 2. The molecule has 1 amide bonds. The van der Waals surface area contributed by atoms with Crippen LogP contribution in [0.5, 0.6) is 5.75 Å². The Kier molecular flexibility index (Phi) is 5.56. The Morgan fingerprint density at radius 3 is 2.45 bits per heavy atom. The lowest BCUT2D eigenvalue weighted by Gasteiger charge is -2.22. The molecular formula is C24H22N2O3. The lowest BCUT2D eigenvalue weighted by molar-refractivity contribution is 0.0974. The average molecular weight is 386 g/mol. The zero-order chi connectivity index (χ0) is 20.1. The fourth-order valence-corrected chi connectivity index (χ4v) is 3.41. The average Bonchev–Trinajstić information content (AvgIpc) is 2.94. The van der Waals surface area contributed by atoms with Crippen LogP contribution in [0.2, 0.25) is 0 Å². The topological polar surface area (TPSA) is 58.6 Å². The summed E-state index contributed by atoms with van der Waals surface area (Å²) in [5, 5.41) is 3.18. The molecule has 29 heavy (non-hydrogen) atoms. The summed E-state index contributed by atoms with van der Waals surface area (Å²) in [6, 6.07) is 24.2. The van der Waals surface area contributed by atoms with Gasteiger partial charge < -0.3 is 15.0 Å². The van der Waals surface area contributed by atoms with Crippen LogP contribution in [0.15, 0.2) is 78.9 Å². The van der Waals surface area contributed by atoms with E-state index in [9.17, 15) is 9.59 Å². The molecule has 1 N–H and O–H groups in total. The largest absolute Gasteiger partial charge is 0.473 e. The Bertz CT molecular complexity index is 1000. The van der Waals surface area contributed by atoms with Gasteiger partial charge in [-0.25, -0.2) is 0 Å². The quantitative estimate of drug-likeness (QED) is 0.643. The molecule has 1 heterocycles. The second-order valence-corrected chi connectivity index (χ2v) is 6.86. The minimum Gasteiger partial charge on any atom is -0.473 e. The van der Waals surface area contributed by atoms with Gasteiger partial charge in [-0.2, -0.15) is 0 Å². The van der Waals surface area contributed by atoms with E-state index in [0.717, 1.165) is 11.4 Å². The number of ketones is 1. The molecule has 3 aromatic carbocycles. The maximum absolute atomic E-state index is 13.1. The highest BCUT2D eigenvalue weighted by Gasteiger charge is 2.25. The number of benzene rings is 3. The first-order chi connectivity index (χ1) is 14.2. The predicted molar refractivity (Wildman–Crippen MR) is 114 cm³/mol. The van der Waals surface area contributed by atoms with E-state index in [-0.39, 0.29) is 11.7 Å². The van der Waals surface area contributed by atoms with Gasteiger partial charge in [0.05, 0.1) is 5.69 Å². The summed E-state index contributed by atoms with van der Waals surface area (Å²) in [6.07, 6.45) is 1.13. The second-order valence-electron chi connectivity index (χ2n) is 6.86. The van der Waals surface area contributed by atoms with E-state index in [1.54, 1.807) is 23.1 Å². The summed E-state index contributed by atoms with van der Waals surface area (Å²) in [5.74, 6) is 0.786. The van der Waals surface area contributed by atoms with Crippen molar-refractivity contribution in [2.75, 3.05) is 23.5 Å². The zero-order valence-corrected chi connectivity index (χ0v) is 16.0. The van der Waals surface area contributed by atoms with Crippen molar-refractivity contribution >= 4 is 23.1 Å². The Morgan fingerprint density at radius 1 is 0.931 bits per heavy atom. The van der Waals surface area contributed by atoms with Gasteiger partial charge in [0, 0.05) is 29.8 Å². The van der Waals surface area contributed by atoms with Crippen LogP contribution in [-0.4, -0.2) is 25.0 Å². The van der Waals surface area contributed by atoms with Crippen molar-refractivity contribution in [3.05, 3.63) is 90.0 Å². The number of nitrogens with zero attached hydrogens (tertiary/aromatic N) is 1. The first-order valence-electron chi connectivity index (χ1n) is 9.68. The van der Waals surface area contributed by atoms with E-state index < -0.39 is 0 Å². The van der Waals surface area contributed by atoms with Gasteiger partial charge in [-0.15, -0.1) is 0 Å². The van der Waals surface area contributed by atoms with Crippen molar-refractivity contribution in [1.29, 1.82) is 0 Å². The van der Waals surface area contributed by atoms with Gasteiger partial charge >= 0.3 is 0 Å². The number of hydrogen-bond donors (Lipinski definition) is 1. The summed E-state index contributed by atoms with van der Waals surface area (Å²) in [4.78, 5) is 27.1. The molecule has 3 aromatic rings. The molecule has 5 heteroatoms. The molecule has 0 spiro atoms. The maximum Gasteiger partial charge on any atom is 0.258 e. The molecule has 0 aromatic heterocycles. The molecule has 1 aliphatic rings. The fourth-order valence-electron chi connectivity index (χ4n) is 3.41. The van der Waals surface area contributed by atoms with E-state index in [0.29, 0.717) is 42.9 Å². The van der Waals surface area contributed by atoms with Gasteiger partial charge in [0.25, 0.3) is 5.91 Å². The van der Waals surface area contributed by atoms with Gasteiger partial charge in [0.15, 0.2) is 12.5 Å². The van der Waals surface area contributed by atoms with Gasteiger partial charge in [-0.1, -0.05) is 30.3 Å². The molecule has 0 fully saturated rings. The maximum atomic E-state index is 13.1. The highest BCUT2D eigenvalue weighted by molar-refractivity contribution is 6.11. The Hall–Kier alpha value is -3.60. The van der Waals surface area contributed by atoms with Crippen molar-refractivity contribution in [1.82, 2.24) is 0 Å². The summed E-state index contributed by atoms with van der Waals surface area (Å²) in [7, 11) is 0. The Labute approximate surface area is 169 Å². The van der Waals surface area contributed by atoms with Crippen LogP contribution in [0.4, 0.5) is 11.4 Å². The molecule has 146 valence electrons. The third-order valence-electron chi connectivity index (χ3n) is 4.92. The molecule has 0 unspecified atom stereocenters. The first kappa shape index (κ1) is 18.7. The van der Waals surface area contributed by atoms with Crippen LogP contribution in [0.1, 0.15) is 33.6 Å². The summed E-state index contributed by atoms with van der Waals surface area (Å²) < 4.78 is 5.63. The number of anilines is 2. The smallest absolute Gasteiger partial charge is 0.258 e. The van der Waals surface area contributed by atoms with Crippen molar-refractivity contribution in [2.45, 2.75) is 12.8 Å². The standard InChI is InChI=1S/C24H22N2O3/c27-23-11-6-16-26(22-10-5-4-9-21(22)23)24(28)18-12-14-19(15-13-18)25-17-29-20-7-2-1-3-8-20/h1-5,7-10,12-15,25H,6,11,16-17H2. The van der Waals surface area contributed by atoms with Crippen LogP contribution in [0, 0.1) is 0 Å². The molecular weight excluding hydrogens is 364 g/mol. The summed E-state index contributed by atoms with van der Waals surface area (Å²) in [5.41, 5.74) is 2.76. The number of amides is 1. The number of para-hydroxylation sites is 2. The van der Waals surface area contributed by atoms with Crippen molar-refractivity contribution < 1.29 is 14.3 Å². The molecule has 4 rings (SSSR count). The van der Waals surface area contributed by atoms with E-state index in [1.165, 1.54) is 0 Å². The van der Waals surface area contributed by atoms with Gasteiger partial charge in [-0.05, 0) is 55.0 Å². The number of carbonyl (C=O) groups excluding carboxylic acids is 2. The number of Topliss-reactive ketones (excluding diaryl/α,β-unsaturated/α-hetero) is 1. The Morgan fingerprint density at radius 2 is 1.66 bits per heavy atom. The lowest BCUT2D eigenvalue weighted by atomic mass is 10.1. The number of rotatable bonds is 5. The van der Waals surface area contributed by atoms with Crippen LogP contribution in [-0.2, 0) is 0 Å². The van der Waals surface area contributed by atoms with Crippen LogP contribution >= 0.6 is 0 Å². The molecule has 0 radical (unpaired) electrons. The number of fused-ring (bicyclic) bond motifs is 1. The minimum atomic E-state index is -0.0979. The molecule has 1 aliphatic heterocycles. The second kappa shape index (κ2) is 8.61. The monoisotopic (exact) mass is 386 g/mol. The lowest BCUT2D eigenvalue weighted by Crippen LogP contribution is -2.31. The highest BCUT2D eigenvalue weighted by atomic mass is 16.5. The van der Waals surface area contributed by atoms with Crippen molar-refractivity contribution in [3.63, 3.8) is 0 Å². The summed E-state index contributed by atoms with van der Waals surface area (Å²) in [6.45, 7) is 0.866. The van der Waals surface area contributed by atoms with Gasteiger partial charge in [-0.3, -0.25) is 9.59 Å². The Balaban J connectivity index is 1.44. The predicted octanol–water partition coefficient (Wildman–Crippen LogP) is 4.76. The van der Waals surface area contributed by atoms with Crippen molar-refractivity contribution in [3.8, 4) is 5.75 Å². The van der Waals surface area contributed by atoms with Crippen LogP contribution < -0.4 is 15.0 Å². The zero-order valence-electron chi connectivity index (χ0n) is 16.0. The third kappa shape index (κ3) is 4.29. The normalized spacial score (nSPS) is 13.4. The van der Waals surface area contributed by atoms with E-state index in [1.807, 2.05) is 60.7 Å². The van der Waals surface area contributed by atoms with E-state index in [2.05, 4.69) is 5.32 Å². The van der Waals surface area contributed by atoms with E-state index in [4.69, 9.17) is 4.74 Å². The van der Waals surface area contributed by atoms with E-state index >= 15 is 0 Å². The number of nitrogens with one attached hydrogen (secondary N) is 1. The van der Waals surface area contributed by atoms with Gasteiger partial charge in [0.1, 0.15) is 5.75 Å². The van der Waals surface area contributed by atoms with Crippen LogP contribution in [0.25, 0.3) is 0 Å². The molecule has 0 aliphatic carbocycles. The fraction of sp³-hybridized carbons (Fsp3) is 0.167. The molecule has 0 saturated carbocycles. The number of hydrogen-bond acceptors (Lipinski definition) is 4. The van der Waals surface area contributed by atoms with Gasteiger partial charge in [0.2, 0.25) is 0 Å². The molecule has 0 bridgehead atoms. The van der Waals surface area contributed by atoms with Crippen molar-refractivity contribution in [2.24, 2.45) is 0 Å². The SMILES string of the molecule is O=C1CCCN(C(=O)c2ccc(NCOc3ccccc3)cc2)c2ccccc21. The minimum absolute atomic E-state index is 0.0915. The molecule has 5 nitrogen and oxygen atoms in total. The first-order valence-corrected chi connectivity index (χ1v) is 9.68. The molecule has 0 saturated heterocycles. The molecule has 0 atom stereocenters.